The summed E-state index contributed by atoms with van der Waals surface area (Å²) in [6.07, 6.45) is 1.26. The van der Waals surface area contributed by atoms with Crippen molar-refractivity contribution in [2.24, 2.45) is 10.7 Å². The smallest absolute Gasteiger partial charge is 0.197 e. The Morgan fingerprint density at radius 3 is 3.08 bits per heavy atom. The largest absolute Gasteiger partial charge is 0.465 e. The van der Waals surface area contributed by atoms with Crippen LogP contribution >= 0.6 is 12.2 Å². The van der Waals surface area contributed by atoms with Gasteiger partial charge in [0.2, 0.25) is 0 Å². The molecule has 0 fully saturated rings. The highest BCUT2D eigenvalue weighted by molar-refractivity contribution is 7.80. The minimum absolute atomic E-state index is 0.296. The van der Waals surface area contributed by atoms with Gasteiger partial charge in [-0.05, 0) is 24.4 Å². The first kappa shape index (κ1) is 8.06. The molecule has 0 aromatic carbocycles. The van der Waals surface area contributed by atoms with E-state index in [4.69, 9.17) is 22.4 Å². The van der Waals surface area contributed by atoms with Crippen LogP contribution in [0.2, 0.25) is 0 Å². The van der Waals surface area contributed by atoms with Crippen molar-refractivity contribution in [2.75, 3.05) is 0 Å². The van der Waals surface area contributed by atoms with E-state index in [1.165, 1.54) is 0 Å². The molecule has 1 atom stereocenters. The molecular weight excluding hydrogens is 188 g/mol. The summed E-state index contributed by atoms with van der Waals surface area (Å²) >= 11 is 4.91. The van der Waals surface area contributed by atoms with E-state index in [1.807, 2.05) is 6.07 Å². The lowest BCUT2D eigenvalue weighted by Crippen LogP contribution is -2.49. The van der Waals surface area contributed by atoms with Crippen molar-refractivity contribution < 1.29 is 4.42 Å². The topological polar surface area (TPSA) is 75.6 Å². The van der Waals surface area contributed by atoms with E-state index < -0.39 is 0 Å². The second-order valence-corrected chi connectivity index (χ2v) is 2.94. The van der Waals surface area contributed by atoms with Gasteiger partial charge < -0.3 is 20.8 Å². The van der Waals surface area contributed by atoms with Crippen LogP contribution in [0.3, 0.4) is 0 Å². The van der Waals surface area contributed by atoms with Crippen molar-refractivity contribution >= 4 is 23.3 Å². The van der Waals surface area contributed by atoms with Gasteiger partial charge in [-0.15, -0.1) is 0 Å². The Hall–Kier alpha value is -1.56. The highest BCUT2D eigenvalue weighted by Gasteiger charge is 2.18. The predicted octanol–water partition coefficient (Wildman–Crippen LogP) is 0.0706. The number of nitrogens with one attached hydrogen (secondary N) is 2. The minimum Gasteiger partial charge on any atom is -0.465 e. The van der Waals surface area contributed by atoms with E-state index in [9.17, 15) is 0 Å². The molecule has 1 unspecified atom stereocenters. The Bertz CT molecular complexity index is 345. The molecule has 0 saturated heterocycles. The predicted molar refractivity (Wildman–Crippen MR) is 51.9 cm³/mol. The van der Waals surface area contributed by atoms with Crippen LogP contribution in [0.1, 0.15) is 11.9 Å². The number of rotatable bonds is 1. The van der Waals surface area contributed by atoms with Gasteiger partial charge in [-0.25, -0.2) is 4.99 Å². The second kappa shape index (κ2) is 3.06. The van der Waals surface area contributed by atoms with Crippen LogP contribution in [0.4, 0.5) is 0 Å². The molecule has 4 N–H and O–H groups in total. The molecule has 1 aliphatic heterocycles. The van der Waals surface area contributed by atoms with Gasteiger partial charge >= 0.3 is 0 Å². The molecule has 0 spiro atoms. The molecule has 0 bridgehead atoms. The Morgan fingerprint density at radius 1 is 1.62 bits per heavy atom. The molecule has 0 radical (unpaired) electrons. The third kappa shape index (κ3) is 1.62. The number of furan rings is 1. The van der Waals surface area contributed by atoms with Gasteiger partial charge in [0.05, 0.1) is 6.26 Å². The van der Waals surface area contributed by atoms with Crippen molar-refractivity contribution in [3.63, 3.8) is 0 Å². The zero-order chi connectivity index (χ0) is 9.26. The highest BCUT2D eigenvalue weighted by atomic mass is 32.1. The molecule has 0 aliphatic carbocycles. The zero-order valence-corrected chi connectivity index (χ0v) is 7.47. The Labute approximate surface area is 80.0 Å². The van der Waals surface area contributed by atoms with Crippen LogP contribution in [0, 0.1) is 0 Å². The number of nitrogens with zero attached hydrogens (tertiary/aromatic N) is 1. The van der Waals surface area contributed by atoms with Crippen LogP contribution in [-0.4, -0.2) is 11.1 Å². The summed E-state index contributed by atoms with van der Waals surface area (Å²) in [6.45, 7) is 0. The first-order chi connectivity index (χ1) is 6.25. The molecule has 6 heteroatoms. The Morgan fingerprint density at radius 2 is 2.46 bits per heavy atom. The maximum absolute atomic E-state index is 5.49. The molecule has 5 nitrogen and oxygen atoms in total. The fourth-order valence-corrected chi connectivity index (χ4v) is 1.28. The summed E-state index contributed by atoms with van der Waals surface area (Å²) in [7, 11) is 0. The molecule has 1 aromatic rings. The summed E-state index contributed by atoms with van der Waals surface area (Å²) in [6, 6.07) is 3.59. The SMILES string of the molecule is NC1=NC(c2ccco2)NC(=S)N1. The average Bonchev–Trinajstić information content (AvgIpc) is 2.53. The molecule has 13 heavy (non-hydrogen) atoms. The summed E-state index contributed by atoms with van der Waals surface area (Å²) in [5, 5.41) is 6.04. The number of thiocarbonyl (C=S) groups is 1. The molecule has 1 aliphatic rings. The molecule has 2 heterocycles. The number of hydrogen-bond donors (Lipinski definition) is 3. The van der Waals surface area contributed by atoms with Gasteiger partial charge in [0, 0.05) is 0 Å². The van der Waals surface area contributed by atoms with Crippen molar-refractivity contribution in [3.05, 3.63) is 24.2 Å². The van der Waals surface area contributed by atoms with Crippen molar-refractivity contribution in [2.45, 2.75) is 6.17 Å². The van der Waals surface area contributed by atoms with Gasteiger partial charge in [-0.3, -0.25) is 0 Å². The van der Waals surface area contributed by atoms with Crippen molar-refractivity contribution in [3.8, 4) is 0 Å². The number of nitrogens with two attached hydrogens (primary N) is 1. The fraction of sp³-hybridized carbons (Fsp3) is 0.143. The monoisotopic (exact) mass is 196 g/mol. The summed E-state index contributed by atoms with van der Waals surface area (Å²) in [5.74, 6) is 0.983. The van der Waals surface area contributed by atoms with E-state index in [1.54, 1.807) is 12.3 Å². The van der Waals surface area contributed by atoms with Gasteiger partial charge in [0.15, 0.2) is 17.2 Å². The third-order valence-corrected chi connectivity index (χ3v) is 1.81. The number of hydrogen-bond acceptors (Lipinski definition) is 4. The average molecular weight is 196 g/mol. The maximum atomic E-state index is 5.49. The summed E-state index contributed by atoms with van der Waals surface area (Å²) in [4.78, 5) is 4.07. The minimum atomic E-state index is -0.316. The highest BCUT2D eigenvalue weighted by Crippen LogP contribution is 2.15. The number of aliphatic imine (C=N–C) groups is 1. The van der Waals surface area contributed by atoms with E-state index in [2.05, 4.69) is 15.6 Å². The maximum Gasteiger partial charge on any atom is 0.197 e. The zero-order valence-electron chi connectivity index (χ0n) is 6.65. The quantitative estimate of drug-likeness (QED) is 0.554. The van der Waals surface area contributed by atoms with E-state index in [-0.39, 0.29) is 6.17 Å². The van der Waals surface area contributed by atoms with Crippen molar-refractivity contribution in [1.82, 2.24) is 10.6 Å². The Kier molecular flexibility index (Phi) is 1.90. The first-order valence-electron chi connectivity index (χ1n) is 3.70. The van der Waals surface area contributed by atoms with Gasteiger partial charge in [-0.2, -0.15) is 0 Å². The molecule has 2 rings (SSSR count). The molecular formula is C7H8N4OS. The van der Waals surface area contributed by atoms with Crippen LogP contribution in [0.25, 0.3) is 0 Å². The first-order valence-corrected chi connectivity index (χ1v) is 4.11. The lowest BCUT2D eigenvalue weighted by molar-refractivity contribution is 0.450. The molecule has 0 saturated carbocycles. The normalized spacial score (nSPS) is 21.7. The Balaban J connectivity index is 2.25. The lowest BCUT2D eigenvalue weighted by atomic mass is 10.3. The van der Waals surface area contributed by atoms with Crippen LogP contribution in [-0.2, 0) is 0 Å². The van der Waals surface area contributed by atoms with E-state index in [0.29, 0.717) is 16.8 Å². The lowest BCUT2D eigenvalue weighted by Gasteiger charge is -2.20. The van der Waals surface area contributed by atoms with Crippen LogP contribution < -0.4 is 16.4 Å². The molecule has 1 aromatic heterocycles. The van der Waals surface area contributed by atoms with Gasteiger partial charge in [-0.1, -0.05) is 0 Å². The third-order valence-electron chi connectivity index (χ3n) is 1.59. The van der Waals surface area contributed by atoms with Crippen molar-refractivity contribution in [1.29, 1.82) is 0 Å². The van der Waals surface area contributed by atoms with Gasteiger partial charge in [0.1, 0.15) is 5.76 Å². The summed E-state index contributed by atoms with van der Waals surface area (Å²) in [5.41, 5.74) is 5.49. The van der Waals surface area contributed by atoms with Crippen LogP contribution in [0.5, 0.6) is 0 Å². The molecule has 68 valence electrons. The van der Waals surface area contributed by atoms with Crippen LogP contribution in [0.15, 0.2) is 27.8 Å². The summed E-state index contributed by atoms with van der Waals surface area (Å²) < 4.78 is 5.16. The molecule has 0 amide bonds. The fourth-order valence-electron chi connectivity index (χ4n) is 1.06. The second-order valence-electron chi connectivity index (χ2n) is 2.53. The van der Waals surface area contributed by atoms with E-state index in [0.717, 1.165) is 0 Å². The number of guanidine groups is 1. The van der Waals surface area contributed by atoms with E-state index >= 15 is 0 Å². The van der Waals surface area contributed by atoms with Gasteiger partial charge in [0.25, 0.3) is 0 Å². The standard InChI is InChI=1S/C7H8N4OS/c8-6-9-5(10-7(13)11-6)4-2-1-3-12-4/h1-3,5H,(H4,8,9,10,11,13).